The van der Waals surface area contributed by atoms with Crippen LogP contribution in [-0.2, 0) is 9.84 Å². The predicted octanol–water partition coefficient (Wildman–Crippen LogP) is 1.13. The van der Waals surface area contributed by atoms with Crippen molar-refractivity contribution in [3.05, 3.63) is 0 Å². The molecule has 1 N–H and O–H groups in total. The quantitative estimate of drug-likeness (QED) is 0.818. The number of rotatable bonds is 5. The number of nitrogens with one attached hydrogen (secondary N) is 1. The smallest absolute Gasteiger partial charge is 0.153 e. The van der Waals surface area contributed by atoms with Gasteiger partial charge in [0.05, 0.1) is 11.0 Å². The summed E-state index contributed by atoms with van der Waals surface area (Å²) in [6, 6.07) is 0.894. The third kappa shape index (κ3) is 4.21. The molecule has 1 heterocycles. The van der Waals surface area contributed by atoms with Crippen LogP contribution in [0, 0.1) is 5.92 Å². The first-order chi connectivity index (χ1) is 8.24. The Balaban J connectivity index is 2.55. The Hall–Kier alpha value is -0.130. The Morgan fingerprint density at radius 1 is 1.28 bits per heavy atom. The molecule has 0 bridgehead atoms. The summed E-state index contributed by atoms with van der Waals surface area (Å²) in [5.41, 5.74) is 0. The molecule has 5 heteroatoms. The molecular weight excluding hydrogens is 248 g/mol. The predicted molar refractivity (Wildman–Crippen MR) is 76.6 cm³/mol. The number of piperazine rings is 1. The average Bonchev–Trinajstić information content (AvgIpc) is 2.27. The summed E-state index contributed by atoms with van der Waals surface area (Å²) in [6.07, 6.45) is 0. The number of hydrogen-bond acceptors (Lipinski definition) is 4. The molecule has 0 saturated carbocycles. The zero-order valence-corrected chi connectivity index (χ0v) is 13.1. The largest absolute Gasteiger partial charge is 0.311 e. The highest BCUT2D eigenvalue weighted by atomic mass is 32.2. The summed E-state index contributed by atoms with van der Waals surface area (Å²) in [6.45, 7) is 12.6. The van der Waals surface area contributed by atoms with Crippen LogP contribution < -0.4 is 5.32 Å². The molecule has 0 radical (unpaired) electrons. The highest BCUT2D eigenvalue weighted by molar-refractivity contribution is 7.92. The second-order valence-corrected chi connectivity index (χ2v) is 8.70. The lowest BCUT2D eigenvalue weighted by molar-refractivity contribution is 0.130. The van der Waals surface area contributed by atoms with Crippen LogP contribution in [0.1, 0.15) is 34.6 Å². The molecule has 2 atom stereocenters. The van der Waals surface area contributed by atoms with Gasteiger partial charge in [-0.1, -0.05) is 13.8 Å². The van der Waals surface area contributed by atoms with Crippen molar-refractivity contribution in [1.29, 1.82) is 0 Å². The molecule has 0 aromatic carbocycles. The molecule has 0 amide bonds. The standard InChI is InChI=1S/C13H28N2O2S/c1-10(2)13-9-15(12(5)8-14-13)6-7-18(16,17)11(3)4/h10-14H,6-9H2,1-5H3. The van der Waals surface area contributed by atoms with Crippen LogP contribution in [0.5, 0.6) is 0 Å². The van der Waals surface area contributed by atoms with Crippen LogP contribution >= 0.6 is 0 Å². The number of sulfone groups is 1. The third-order valence-electron chi connectivity index (χ3n) is 3.92. The summed E-state index contributed by atoms with van der Waals surface area (Å²) >= 11 is 0. The Morgan fingerprint density at radius 2 is 1.89 bits per heavy atom. The topological polar surface area (TPSA) is 49.4 Å². The molecule has 2 unspecified atom stereocenters. The van der Waals surface area contributed by atoms with Crippen molar-refractivity contribution in [3.8, 4) is 0 Å². The van der Waals surface area contributed by atoms with E-state index in [-0.39, 0.29) is 11.0 Å². The molecule has 18 heavy (non-hydrogen) atoms. The summed E-state index contributed by atoms with van der Waals surface area (Å²) in [7, 11) is -2.92. The van der Waals surface area contributed by atoms with Crippen molar-refractivity contribution in [2.45, 2.75) is 52.0 Å². The minimum atomic E-state index is -2.92. The van der Waals surface area contributed by atoms with E-state index in [4.69, 9.17) is 0 Å². The fraction of sp³-hybridized carbons (Fsp3) is 1.00. The van der Waals surface area contributed by atoms with Gasteiger partial charge in [0.15, 0.2) is 9.84 Å². The zero-order valence-electron chi connectivity index (χ0n) is 12.3. The van der Waals surface area contributed by atoms with E-state index in [1.165, 1.54) is 0 Å². The fourth-order valence-corrected chi connectivity index (χ4v) is 3.15. The Labute approximate surface area is 112 Å². The van der Waals surface area contributed by atoms with Crippen LogP contribution in [0.25, 0.3) is 0 Å². The van der Waals surface area contributed by atoms with Gasteiger partial charge in [-0.05, 0) is 26.7 Å². The molecule has 0 spiro atoms. The number of hydrogen-bond donors (Lipinski definition) is 1. The van der Waals surface area contributed by atoms with Crippen molar-refractivity contribution >= 4 is 9.84 Å². The van der Waals surface area contributed by atoms with Gasteiger partial charge in [-0.25, -0.2) is 8.42 Å². The molecule has 0 aromatic heterocycles. The van der Waals surface area contributed by atoms with Gasteiger partial charge in [0.1, 0.15) is 0 Å². The molecule has 1 aliphatic heterocycles. The Bertz CT molecular complexity index is 352. The molecule has 1 fully saturated rings. The summed E-state index contributed by atoms with van der Waals surface area (Å²) < 4.78 is 23.7. The van der Waals surface area contributed by atoms with Crippen LogP contribution in [0.3, 0.4) is 0 Å². The molecule has 1 saturated heterocycles. The zero-order chi connectivity index (χ0) is 13.9. The first-order valence-electron chi connectivity index (χ1n) is 6.93. The molecule has 0 aliphatic carbocycles. The van der Waals surface area contributed by atoms with E-state index in [0.717, 1.165) is 13.1 Å². The molecule has 0 aromatic rings. The Kier molecular flexibility index (Phi) is 5.62. The van der Waals surface area contributed by atoms with Gasteiger partial charge in [-0.15, -0.1) is 0 Å². The maximum absolute atomic E-state index is 11.9. The molecule has 108 valence electrons. The minimum Gasteiger partial charge on any atom is -0.311 e. The lowest BCUT2D eigenvalue weighted by Crippen LogP contribution is -2.57. The first-order valence-corrected chi connectivity index (χ1v) is 8.64. The molecular formula is C13H28N2O2S. The van der Waals surface area contributed by atoms with Gasteiger partial charge in [0.25, 0.3) is 0 Å². The third-order valence-corrected chi connectivity index (χ3v) is 6.10. The van der Waals surface area contributed by atoms with Crippen LogP contribution in [-0.4, -0.2) is 56.0 Å². The van der Waals surface area contributed by atoms with Gasteiger partial charge < -0.3 is 5.32 Å². The van der Waals surface area contributed by atoms with E-state index < -0.39 is 9.84 Å². The van der Waals surface area contributed by atoms with Crippen molar-refractivity contribution in [2.24, 2.45) is 5.92 Å². The van der Waals surface area contributed by atoms with E-state index in [1.807, 2.05) is 0 Å². The average molecular weight is 276 g/mol. The SMILES string of the molecule is CC(C)C1CN(CCS(=O)(=O)C(C)C)C(C)CN1. The van der Waals surface area contributed by atoms with Crippen LogP contribution in [0.4, 0.5) is 0 Å². The van der Waals surface area contributed by atoms with Gasteiger partial charge in [-0.3, -0.25) is 4.90 Å². The fourth-order valence-electron chi connectivity index (χ4n) is 2.19. The van der Waals surface area contributed by atoms with E-state index >= 15 is 0 Å². The molecule has 1 rings (SSSR count). The highest BCUT2D eigenvalue weighted by Crippen LogP contribution is 2.13. The van der Waals surface area contributed by atoms with E-state index in [1.54, 1.807) is 13.8 Å². The summed E-state index contributed by atoms with van der Waals surface area (Å²) in [5.74, 6) is 0.863. The van der Waals surface area contributed by atoms with Crippen LogP contribution in [0.2, 0.25) is 0 Å². The number of nitrogens with zero attached hydrogens (tertiary/aromatic N) is 1. The minimum absolute atomic E-state index is 0.267. The molecule has 1 aliphatic rings. The normalized spacial score (nSPS) is 27.1. The maximum atomic E-state index is 11.9. The van der Waals surface area contributed by atoms with E-state index in [2.05, 4.69) is 31.0 Å². The first kappa shape index (κ1) is 15.9. The van der Waals surface area contributed by atoms with Crippen molar-refractivity contribution in [3.63, 3.8) is 0 Å². The molecule has 4 nitrogen and oxygen atoms in total. The second-order valence-electron chi connectivity index (χ2n) is 6.02. The lowest BCUT2D eigenvalue weighted by atomic mass is 10.00. The summed E-state index contributed by atoms with van der Waals surface area (Å²) in [4.78, 5) is 2.31. The monoisotopic (exact) mass is 276 g/mol. The van der Waals surface area contributed by atoms with Crippen LogP contribution in [0.15, 0.2) is 0 Å². The summed E-state index contributed by atoms with van der Waals surface area (Å²) in [5, 5.41) is 3.26. The maximum Gasteiger partial charge on any atom is 0.153 e. The Morgan fingerprint density at radius 3 is 2.39 bits per heavy atom. The van der Waals surface area contributed by atoms with E-state index in [9.17, 15) is 8.42 Å². The van der Waals surface area contributed by atoms with Gasteiger partial charge in [0.2, 0.25) is 0 Å². The highest BCUT2D eigenvalue weighted by Gasteiger charge is 2.28. The van der Waals surface area contributed by atoms with Gasteiger partial charge in [-0.2, -0.15) is 0 Å². The van der Waals surface area contributed by atoms with E-state index in [0.29, 0.717) is 24.5 Å². The van der Waals surface area contributed by atoms with Crippen molar-refractivity contribution < 1.29 is 8.42 Å². The second kappa shape index (κ2) is 6.35. The van der Waals surface area contributed by atoms with Gasteiger partial charge in [0, 0.05) is 31.7 Å². The van der Waals surface area contributed by atoms with Crippen molar-refractivity contribution in [1.82, 2.24) is 10.2 Å². The van der Waals surface area contributed by atoms with Crippen molar-refractivity contribution in [2.75, 3.05) is 25.4 Å². The lowest BCUT2D eigenvalue weighted by Gasteiger charge is -2.40. The van der Waals surface area contributed by atoms with Gasteiger partial charge >= 0.3 is 0 Å².